The zero-order chi connectivity index (χ0) is 15.1. The largest absolute Gasteiger partial charge is 0.491 e. The first-order chi connectivity index (χ1) is 10.2. The van der Waals surface area contributed by atoms with Crippen LogP contribution in [0.15, 0.2) is 24.3 Å². The van der Waals surface area contributed by atoms with Gasteiger partial charge in [0, 0.05) is 12.7 Å². The Labute approximate surface area is 131 Å². The quantitative estimate of drug-likeness (QED) is 0.620. The van der Waals surface area contributed by atoms with Crippen molar-refractivity contribution < 1.29 is 14.2 Å². The molecule has 2 rings (SSSR count). The van der Waals surface area contributed by atoms with Crippen molar-refractivity contribution in [3.8, 4) is 5.75 Å². The van der Waals surface area contributed by atoms with Crippen LogP contribution in [0.4, 0.5) is 0 Å². The summed E-state index contributed by atoms with van der Waals surface area (Å²) >= 11 is 4.91. The average molecular weight is 309 g/mol. The minimum Gasteiger partial charge on any atom is -0.491 e. The van der Waals surface area contributed by atoms with Crippen LogP contribution in [0.1, 0.15) is 31.2 Å². The Hall–Kier alpha value is -1.17. The SMILES string of the molecule is COC1CCCC(OCCOc2ccc(C(N)=S)cc2)C1. The molecule has 1 aliphatic carbocycles. The minimum atomic E-state index is 0.296. The van der Waals surface area contributed by atoms with Crippen molar-refractivity contribution in [2.45, 2.75) is 37.9 Å². The Kier molecular flexibility index (Phi) is 6.42. The fourth-order valence-electron chi connectivity index (χ4n) is 2.56. The molecular formula is C16H23NO3S. The summed E-state index contributed by atoms with van der Waals surface area (Å²) in [5.41, 5.74) is 6.40. The van der Waals surface area contributed by atoms with E-state index in [1.54, 1.807) is 7.11 Å². The van der Waals surface area contributed by atoms with Crippen LogP contribution in [-0.4, -0.2) is 37.5 Å². The first-order valence-corrected chi connectivity index (χ1v) is 7.77. The van der Waals surface area contributed by atoms with Gasteiger partial charge < -0.3 is 19.9 Å². The first-order valence-electron chi connectivity index (χ1n) is 7.36. The maximum absolute atomic E-state index is 5.85. The van der Waals surface area contributed by atoms with E-state index in [1.807, 2.05) is 24.3 Å². The van der Waals surface area contributed by atoms with Gasteiger partial charge in [-0.1, -0.05) is 12.2 Å². The molecule has 1 aromatic carbocycles. The molecule has 1 fully saturated rings. The van der Waals surface area contributed by atoms with Crippen LogP contribution < -0.4 is 10.5 Å². The van der Waals surface area contributed by atoms with Gasteiger partial charge in [0.25, 0.3) is 0 Å². The highest BCUT2D eigenvalue weighted by Gasteiger charge is 2.21. The van der Waals surface area contributed by atoms with Crippen molar-refractivity contribution in [1.29, 1.82) is 0 Å². The Bertz CT molecular complexity index is 449. The Morgan fingerprint density at radius 1 is 1.19 bits per heavy atom. The second-order valence-electron chi connectivity index (χ2n) is 5.25. The van der Waals surface area contributed by atoms with Crippen LogP contribution >= 0.6 is 12.2 Å². The third-order valence-corrected chi connectivity index (χ3v) is 3.99. The summed E-state index contributed by atoms with van der Waals surface area (Å²) in [5.74, 6) is 0.803. The number of hydrogen-bond acceptors (Lipinski definition) is 4. The van der Waals surface area contributed by atoms with Gasteiger partial charge in [0.2, 0.25) is 0 Å². The highest BCUT2D eigenvalue weighted by Crippen LogP contribution is 2.23. The molecule has 2 atom stereocenters. The molecule has 1 aromatic rings. The highest BCUT2D eigenvalue weighted by molar-refractivity contribution is 7.80. The third-order valence-electron chi connectivity index (χ3n) is 3.76. The van der Waals surface area contributed by atoms with Crippen LogP contribution in [0.5, 0.6) is 5.75 Å². The number of hydrogen-bond donors (Lipinski definition) is 1. The van der Waals surface area contributed by atoms with Crippen molar-refractivity contribution in [2.75, 3.05) is 20.3 Å². The lowest BCUT2D eigenvalue weighted by molar-refractivity contribution is -0.0362. The average Bonchev–Trinajstić information content (AvgIpc) is 2.52. The van der Waals surface area contributed by atoms with Crippen molar-refractivity contribution in [1.82, 2.24) is 0 Å². The molecule has 2 unspecified atom stereocenters. The van der Waals surface area contributed by atoms with Gasteiger partial charge in [0.15, 0.2) is 0 Å². The normalized spacial score (nSPS) is 22.0. The van der Waals surface area contributed by atoms with Crippen LogP contribution in [0, 0.1) is 0 Å². The third kappa shape index (κ3) is 5.26. The zero-order valence-corrected chi connectivity index (χ0v) is 13.2. The Morgan fingerprint density at radius 3 is 2.57 bits per heavy atom. The number of benzene rings is 1. The second kappa shape index (κ2) is 8.32. The van der Waals surface area contributed by atoms with Gasteiger partial charge in [-0.15, -0.1) is 0 Å². The highest BCUT2D eigenvalue weighted by atomic mass is 32.1. The molecule has 5 heteroatoms. The fraction of sp³-hybridized carbons (Fsp3) is 0.562. The van der Waals surface area contributed by atoms with Gasteiger partial charge in [0.1, 0.15) is 17.3 Å². The van der Waals surface area contributed by atoms with E-state index < -0.39 is 0 Å². The van der Waals surface area contributed by atoms with Gasteiger partial charge in [-0.3, -0.25) is 0 Å². The number of thiocarbonyl (C=S) groups is 1. The molecule has 0 bridgehead atoms. The van der Waals surface area contributed by atoms with Gasteiger partial charge >= 0.3 is 0 Å². The zero-order valence-electron chi connectivity index (χ0n) is 12.4. The van der Waals surface area contributed by atoms with E-state index >= 15 is 0 Å². The van der Waals surface area contributed by atoms with Gasteiger partial charge in [0.05, 0.1) is 18.8 Å². The molecule has 2 N–H and O–H groups in total. The Balaban J connectivity index is 1.66. The predicted octanol–water partition coefficient (Wildman–Crippen LogP) is 2.67. The van der Waals surface area contributed by atoms with Crippen molar-refractivity contribution in [3.05, 3.63) is 29.8 Å². The summed E-state index contributed by atoms with van der Waals surface area (Å²) in [6.45, 7) is 1.14. The van der Waals surface area contributed by atoms with Crippen LogP contribution in [0.3, 0.4) is 0 Å². The number of nitrogens with two attached hydrogens (primary N) is 1. The lowest BCUT2D eigenvalue weighted by Gasteiger charge is -2.28. The van der Waals surface area contributed by atoms with E-state index in [9.17, 15) is 0 Å². The van der Waals surface area contributed by atoms with Gasteiger partial charge in [-0.2, -0.15) is 0 Å². The summed E-state index contributed by atoms with van der Waals surface area (Å²) in [5, 5.41) is 0. The molecular weight excluding hydrogens is 286 g/mol. The van der Waals surface area contributed by atoms with E-state index in [1.165, 1.54) is 6.42 Å². The maximum Gasteiger partial charge on any atom is 0.119 e. The van der Waals surface area contributed by atoms with E-state index in [0.717, 1.165) is 30.6 Å². The summed E-state index contributed by atoms with van der Waals surface area (Å²) in [7, 11) is 1.77. The van der Waals surface area contributed by atoms with Crippen molar-refractivity contribution in [2.24, 2.45) is 5.73 Å². The topological polar surface area (TPSA) is 53.7 Å². The number of rotatable bonds is 7. The molecule has 116 valence electrons. The molecule has 0 aromatic heterocycles. The molecule has 4 nitrogen and oxygen atoms in total. The van der Waals surface area contributed by atoms with Crippen molar-refractivity contribution >= 4 is 17.2 Å². The van der Waals surface area contributed by atoms with Gasteiger partial charge in [-0.05, 0) is 49.9 Å². The molecule has 0 radical (unpaired) electrons. The monoisotopic (exact) mass is 309 g/mol. The maximum atomic E-state index is 5.85. The molecule has 1 saturated carbocycles. The van der Waals surface area contributed by atoms with E-state index in [0.29, 0.717) is 30.4 Å². The smallest absolute Gasteiger partial charge is 0.119 e. The lowest BCUT2D eigenvalue weighted by atomic mass is 9.95. The van der Waals surface area contributed by atoms with Crippen LogP contribution in [0.25, 0.3) is 0 Å². The van der Waals surface area contributed by atoms with E-state index in [4.69, 9.17) is 32.2 Å². The summed E-state index contributed by atoms with van der Waals surface area (Å²) in [6, 6.07) is 7.47. The summed E-state index contributed by atoms with van der Waals surface area (Å²) in [4.78, 5) is 0.398. The summed E-state index contributed by atoms with van der Waals surface area (Å²) in [6.07, 6.45) is 5.05. The van der Waals surface area contributed by atoms with Crippen molar-refractivity contribution in [3.63, 3.8) is 0 Å². The Morgan fingerprint density at radius 2 is 1.90 bits per heavy atom. The number of methoxy groups -OCH3 is 1. The lowest BCUT2D eigenvalue weighted by Crippen LogP contribution is -2.28. The molecule has 0 amide bonds. The van der Waals surface area contributed by atoms with E-state index in [-0.39, 0.29) is 0 Å². The standard InChI is InChI=1S/C16H23NO3S/c1-18-14-3-2-4-15(11-14)20-10-9-19-13-7-5-12(6-8-13)16(17)21/h5-8,14-15H,2-4,9-11H2,1H3,(H2,17,21). The molecule has 0 aliphatic heterocycles. The minimum absolute atomic E-state index is 0.296. The van der Waals surface area contributed by atoms with Gasteiger partial charge in [-0.25, -0.2) is 0 Å². The van der Waals surface area contributed by atoms with Crippen LogP contribution in [-0.2, 0) is 9.47 Å². The molecule has 0 spiro atoms. The predicted molar refractivity (Wildman–Crippen MR) is 86.8 cm³/mol. The molecule has 0 heterocycles. The van der Waals surface area contributed by atoms with E-state index in [2.05, 4.69) is 0 Å². The molecule has 0 saturated heterocycles. The first kappa shape index (κ1) is 16.2. The molecule has 21 heavy (non-hydrogen) atoms. The molecule has 1 aliphatic rings. The van der Waals surface area contributed by atoms with Crippen LogP contribution in [0.2, 0.25) is 0 Å². The summed E-state index contributed by atoms with van der Waals surface area (Å²) < 4.78 is 16.9. The second-order valence-corrected chi connectivity index (χ2v) is 5.69. The fourth-order valence-corrected chi connectivity index (χ4v) is 2.69. The number of ether oxygens (including phenoxy) is 3.